The van der Waals surface area contributed by atoms with Gasteiger partial charge in [-0.2, -0.15) is 0 Å². The Morgan fingerprint density at radius 3 is 2.29 bits per heavy atom. The van der Waals surface area contributed by atoms with Crippen molar-refractivity contribution in [3.8, 4) is 0 Å². The molecule has 0 radical (unpaired) electrons. The minimum atomic E-state index is -1.11. The fourth-order valence-electron chi connectivity index (χ4n) is 2.84. The van der Waals surface area contributed by atoms with Crippen LogP contribution < -0.4 is 0 Å². The van der Waals surface area contributed by atoms with Crippen molar-refractivity contribution in [3.05, 3.63) is 24.3 Å². The standard InChI is InChI=1S/C15H28OSi/c1-5-14-8-6-7-9-15(14)10-13(11-16)12-17(2,3)4/h5,10,14-16H,1,6-9,11-12H2,2-4H3/b13-10+/t14-,15+/m1/s1. The van der Waals surface area contributed by atoms with Gasteiger partial charge in [0.05, 0.1) is 6.61 Å². The molecule has 1 rings (SSSR count). The maximum absolute atomic E-state index is 9.51. The molecule has 0 aliphatic heterocycles. The normalized spacial score (nSPS) is 26.9. The molecule has 1 N–H and O–H groups in total. The number of hydrogen-bond donors (Lipinski definition) is 1. The molecule has 98 valence electrons. The lowest BCUT2D eigenvalue weighted by molar-refractivity contribution is 0.316. The number of allylic oxidation sites excluding steroid dienone is 2. The first-order chi connectivity index (χ1) is 7.96. The van der Waals surface area contributed by atoms with Crippen LogP contribution in [0.15, 0.2) is 24.3 Å². The molecule has 1 nitrogen and oxygen atoms in total. The summed E-state index contributed by atoms with van der Waals surface area (Å²) in [7, 11) is -1.11. The van der Waals surface area contributed by atoms with Gasteiger partial charge in [0.2, 0.25) is 0 Å². The third-order valence-electron chi connectivity index (χ3n) is 3.59. The second kappa shape index (κ2) is 6.55. The summed E-state index contributed by atoms with van der Waals surface area (Å²) >= 11 is 0. The van der Waals surface area contributed by atoms with Gasteiger partial charge >= 0.3 is 0 Å². The van der Waals surface area contributed by atoms with Gasteiger partial charge in [-0.05, 0) is 30.7 Å². The summed E-state index contributed by atoms with van der Waals surface area (Å²) in [4.78, 5) is 0. The van der Waals surface area contributed by atoms with Gasteiger partial charge in [-0.1, -0.05) is 50.2 Å². The molecule has 0 amide bonds. The van der Waals surface area contributed by atoms with E-state index in [0.29, 0.717) is 11.8 Å². The van der Waals surface area contributed by atoms with Crippen molar-refractivity contribution >= 4 is 8.07 Å². The van der Waals surface area contributed by atoms with Gasteiger partial charge in [-0.25, -0.2) is 0 Å². The molecule has 0 aromatic heterocycles. The highest BCUT2D eigenvalue weighted by Gasteiger charge is 2.22. The quantitative estimate of drug-likeness (QED) is 0.573. The summed E-state index contributed by atoms with van der Waals surface area (Å²) in [5, 5.41) is 9.51. The first kappa shape index (κ1) is 14.7. The second-order valence-corrected chi connectivity index (χ2v) is 12.0. The van der Waals surface area contributed by atoms with Crippen LogP contribution in [0.25, 0.3) is 0 Å². The van der Waals surface area contributed by atoms with Crippen LogP contribution >= 0.6 is 0 Å². The second-order valence-electron chi connectivity index (χ2n) is 6.57. The van der Waals surface area contributed by atoms with E-state index in [4.69, 9.17) is 0 Å². The molecule has 0 bridgehead atoms. The maximum atomic E-state index is 9.51. The minimum Gasteiger partial charge on any atom is -0.392 e. The van der Waals surface area contributed by atoms with E-state index in [2.05, 4.69) is 38.4 Å². The van der Waals surface area contributed by atoms with Crippen LogP contribution in [0.1, 0.15) is 25.7 Å². The third kappa shape index (κ3) is 5.22. The summed E-state index contributed by atoms with van der Waals surface area (Å²) in [6.07, 6.45) is 9.69. The fourth-order valence-corrected chi connectivity index (χ4v) is 4.43. The van der Waals surface area contributed by atoms with E-state index in [9.17, 15) is 5.11 Å². The molecule has 2 atom stereocenters. The van der Waals surface area contributed by atoms with Crippen LogP contribution in [0.4, 0.5) is 0 Å². The first-order valence-corrected chi connectivity index (χ1v) is 10.6. The zero-order valence-electron chi connectivity index (χ0n) is 11.7. The monoisotopic (exact) mass is 252 g/mol. The molecule has 17 heavy (non-hydrogen) atoms. The predicted octanol–water partition coefficient (Wildman–Crippen LogP) is 4.24. The van der Waals surface area contributed by atoms with E-state index in [1.807, 2.05) is 0 Å². The van der Waals surface area contributed by atoms with E-state index in [1.54, 1.807) is 0 Å². The van der Waals surface area contributed by atoms with E-state index in [1.165, 1.54) is 31.3 Å². The van der Waals surface area contributed by atoms with Crippen LogP contribution in [0.5, 0.6) is 0 Å². The maximum Gasteiger partial charge on any atom is 0.0639 e. The van der Waals surface area contributed by atoms with Gasteiger partial charge in [0.25, 0.3) is 0 Å². The Kier molecular flexibility index (Phi) is 5.67. The van der Waals surface area contributed by atoms with Crippen LogP contribution in [-0.4, -0.2) is 19.8 Å². The molecular formula is C15H28OSi. The van der Waals surface area contributed by atoms with Gasteiger partial charge in [-0.15, -0.1) is 6.58 Å². The zero-order chi connectivity index (χ0) is 12.9. The number of aliphatic hydroxyl groups is 1. The Balaban J connectivity index is 2.71. The van der Waals surface area contributed by atoms with E-state index in [0.717, 1.165) is 6.04 Å². The van der Waals surface area contributed by atoms with Crippen molar-refractivity contribution in [2.45, 2.75) is 51.4 Å². The molecule has 1 saturated carbocycles. The van der Waals surface area contributed by atoms with Crippen molar-refractivity contribution in [2.75, 3.05) is 6.61 Å². The number of rotatable bonds is 5. The molecule has 2 heteroatoms. The molecule has 1 fully saturated rings. The largest absolute Gasteiger partial charge is 0.392 e. The van der Waals surface area contributed by atoms with E-state index >= 15 is 0 Å². The van der Waals surface area contributed by atoms with Crippen molar-refractivity contribution < 1.29 is 5.11 Å². The molecule has 0 aromatic carbocycles. The fraction of sp³-hybridized carbons (Fsp3) is 0.733. The average Bonchev–Trinajstić information content (AvgIpc) is 2.27. The highest BCUT2D eigenvalue weighted by Crippen LogP contribution is 2.33. The van der Waals surface area contributed by atoms with Crippen molar-refractivity contribution in [1.82, 2.24) is 0 Å². The summed E-state index contributed by atoms with van der Waals surface area (Å²) in [5.41, 5.74) is 1.27. The predicted molar refractivity (Wildman–Crippen MR) is 79.0 cm³/mol. The average molecular weight is 252 g/mol. The molecular weight excluding hydrogens is 224 g/mol. The lowest BCUT2D eigenvalue weighted by Gasteiger charge is -2.28. The molecule has 0 aromatic rings. The molecule has 0 saturated heterocycles. The molecule has 0 spiro atoms. The van der Waals surface area contributed by atoms with Gasteiger partial charge < -0.3 is 5.11 Å². The molecule has 1 aliphatic carbocycles. The van der Waals surface area contributed by atoms with Gasteiger partial charge in [0, 0.05) is 8.07 Å². The van der Waals surface area contributed by atoms with Gasteiger partial charge in [0.15, 0.2) is 0 Å². The number of aliphatic hydroxyl groups excluding tert-OH is 1. The molecule has 0 heterocycles. The topological polar surface area (TPSA) is 20.2 Å². The van der Waals surface area contributed by atoms with Crippen LogP contribution in [0, 0.1) is 11.8 Å². The van der Waals surface area contributed by atoms with Crippen LogP contribution in [0.3, 0.4) is 0 Å². The van der Waals surface area contributed by atoms with E-state index < -0.39 is 8.07 Å². The Labute approximate surface area is 108 Å². The summed E-state index contributed by atoms with van der Waals surface area (Å²) in [6.45, 7) is 11.3. The Hall–Kier alpha value is -0.343. The van der Waals surface area contributed by atoms with Crippen molar-refractivity contribution in [2.24, 2.45) is 11.8 Å². The first-order valence-electron chi connectivity index (χ1n) is 6.89. The highest BCUT2D eigenvalue weighted by molar-refractivity contribution is 6.76. The number of hydrogen-bond acceptors (Lipinski definition) is 1. The van der Waals surface area contributed by atoms with Gasteiger partial charge in [0.1, 0.15) is 0 Å². The molecule has 1 aliphatic rings. The van der Waals surface area contributed by atoms with E-state index in [-0.39, 0.29) is 6.61 Å². The summed E-state index contributed by atoms with van der Waals surface area (Å²) < 4.78 is 0. The third-order valence-corrected chi connectivity index (χ3v) is 5.10. The Bertz CT molecular complexity index is 275. The summed E-state index contributed by atoms with van der Waals surface area (Å²) in [5.74, 6) is 1.26. The lowest BCUT2D eigenvalue weighted by Crippen LogP contribution is -2.22. The highest BCUT2D eigenvalue weighted by atomic mass is 28.3. The Morgan fingerprint density at radius 1 is 1.24 bits per heavy atom. The zero-order valence-corrected chi connectivity index (χ0v) is 12.7. The van der Waals surface area contributed by atoms with Crippen LogP contribution in [0.2, 0.25) is 25.7 Å². The minimum absolute atomic E-state index is 0.241. The molecule has 0 unspecified atom stereocenters. The van der Waals surface area contributed by atoms with Gasteiger partial charge in [-0.3, -0.25) is 0 Å². The smallest absolute Gasteiger partial charge is 0.0639 e. The SMILES string of the molecule is C=C[C@@H]1CCCC[C@H]1/C=C(\CO)C[Si](C)(C)C. The van der Waals surface area contributed by atoms with Crippen molar-refractivity contribution in [3.63, 3.8) is 0 Å². The van der Waals surface area contributed by atoms with Crippen molar-refractivity contribution in [1.29, 1.82) is 0 Å². The Morgan fingerprint density at radius 2 is 1.82 bits per heavy atom. The summed E-state index contributed by atoms with van der Waals surface area (Å²) in [6, 6.07) is 1.13. The lowest BCUT2D eigenvalue weighted by atomic mass is 9.78. The van der Waals surface area contributed by atoms with Crippen LogP contribution in [-0.2, 0) is 0 Å².